The van der Waals surface area contributed by atoms with Gasteiger partial charge in [-0.1, -0.05) is 60.7 Å². The lowest BCUT2D eigenvalue weighted by Gasteiger charge is -2.41. The van der Waals surface area contributed by atoms with Crippen LogP contribution >= 0.6 is 0 Å². The first-order valence-corrected chi connectivity index (χ1v) is 11.6. The summed E-state index contributed by atoms with van der Waals surface area (Å²) in [5.74, 6) is 0.105. The van der Waals surface area contributed by atoms with Crippen LogP contribution in [0.15, 0.2) is 60.7 Å². The largest absolute Gasteiger partial charge is 0.381 e. The van der Waals surface area contributed by atoms with Gasteiger partial charge in [0, 0.05) is 31.3 Å². The molecule has 2 unspecified atom stereocenters. The van der Waals surface area contributed by atoms with Crippen molar-refractivity contribution in [3.63, 3.8) is 0 Å². The van der Waals surface area contributed by atoms with Gasteiger partial charge in [0.05, 0.1) is 0 Å². The Hall–Kier alpha value is -2.21. The highest BCUT2D eigenvalue weighted by Gasteiger charge is 2.36. The number of ether oxygens (including phenoxy) is 1. The molecule has 2 aliphatic rings. The lowest BCUT2D eigenvalue weighted by Crippen LogP contribution is -2.58. The fourth-order valence-electron chi connectivity index (χ4n) is 4.93. The quantitative estimate of drug-likeness (QED) is 0.680. The molecule has 0 saturated carbocycles. The van der Waals surface area contributed by atoms with Gasteiger partial charge in [-0.05, 0) is 56.8 Å². The van der Waals surface area contributed by atoms with E-state index in [0.29, 0.717) is 6.54 Å². The number of hydrogen-bond donors (Lipinski definition) is 2. The highest BCUT2D eigenvalue weighted by molar-refractivity contribution is 5.83. The summed E-state index contributed by atoms with van der Waals surface area (Å²) in [6.45, 7) is 6.22. The number of carbonyl (C=O) groups is 1. The van der Waals surface area contributed by atoms with E-state index in [0.717, 1.165) is 57.6 Å². The molecule has 2 N–H and O–H groups in total. The number of benzene rings is 2. The third-order valence-electron chi connectivity index (χ3n) is 6.74. The summed E-state index contributed by atoms with van der Waals surface area (Å²) in [7, 11) is 0. The number of carbonyl (C=O) groups excluding carboxylic acids is 1. The molecule has 2 saturated heterocycles. The van der Waals surface area contributed by atoms with Gasteiger partial charge >= 0.3 is 0 Å². The molecular weight excluding hydrogens is 386 g/mol. The molecule has 0 aromatic heterocycles. The van der Waals surface area contributed by atoms with Crippen LogP contribution in [0, 0.1) is 0 Å². The topological polar surface area (TPSA) is 53.6 Å². The maximum absolute atomic E-state index is 13.5. The number of nitrogens with zero attached hydrogens (tertiary/aromatic N) is 1. The van der Waals surface area contributed by atoms with Crippen molar-refractivity contribution in [1.29, 1.82) is 0 Å². The Morgan fingerprint density at radius 2 is 1.55 bits per heavy atom. The number of nitrogens with one attached hydrogen (secondary N) is 2. The Morgan fingerprint density at radius 3 is 2.16 bits per heavy atom. The lowest BCUT2D eigenvalue weighted by molar-refractivity contribution is -0.127. The Labute approximate surface area is 186 Å². The van der Waals surface area contributed by atoms with Gasteiger partial charge < -0.3 is 15.4 Å². The Balaban J connectivity index is 1.47. The van der Waals surface area contributed by atoms with Crippen molar-refractivity contribution in [2.45, 2.75) is 50.2 Å². The molecular formula is C26H35N3O2. The van der Waals surface area contributed by atoms with Crippen molar-refractivity contribution in [3.8, 4) is 0 Å². The first kappa shape index (κ1) is 22.0. The van der Waals surface area contributed by atoms with E-state index in [1.54, 1.807) is 0 Å². The monoisotopic (exact) mass is 421 g/mol. The zero-order valence-electron chi connectivity index (χ0n) is 18.6. The zero-order valence-corrected chi connectivity index (χ0v) is 18.6. The molecule has 0 bridgehead atoms. The van der Waals surface area contributed by atoms with Crippen LogP contribution in [0.3, 0.4) is 0 Å². The fraction of sp³-hybridized carbons (Fsp3) is 0.500. The molecule has 0 aliphatic carbocycles. The molecule has 5 nitrogen and oxygen atoms in total. The summed E-state index contributed by atoms with van der Waals surface area (Å²) in [5.41, 5.74) is 2.18. The minimum absolute atomic E-state index is 0.105. The molecule has 2 aliphatic heterocycles. The fourth-order valence-corrected chi connectivity index (χ4v) is 4.93. The first-order valence-electron chi connectivity index (χ1n) is 11.6. The predicted molar refractivity (Wildman–Crippen MR) is 124 cm³/mol. The summed E-state index contributed by atoms with van der Waals surface area (Å²) < 4.78 is 5.66. The molecule has 166 valence electrons. The SMILES string of the molecule is CC(NC1(CNC(=O)C(c2ccccc2)N2CCCC2)CCOCC1)c1ccccc1. The highest BCUT2D eigenvalue weighted by Crippen LogP contribution is 2.28. The van der Waals surface area contributed by atoms with Crippen molar-refractivity contribution in [2.75, 3.05) is 32.8 Å². The van der Waals surface area contributed by atoms with Gasteiger partial charge in [-0.15, -0.1) is 0 Å². The summed E-state index contributed by atoms with van der Waals surface area (Å²) in [4.78, 5) is 15.8. The second-order valence-corrected chi connectivity index (χ2v) is 8.94. The van der Waals surface area contributed by atoms with E-state index in [9.17, 15) is 4.79 Å². The van der Waals surface area contributed by atoms with E-state index < -0.39 is 0 Å². The minimum Gasteiger partial charge on any atom is -0.381 e. The second-order valence-electron chi connectivity index (χ2n) is 8.94. The third kappa shape index (κ3) is 5.53. The van der Waals surface area contributed by atoms with Crippen molar-refractivity contribution < 1.29 is 9.53 Å². The minimum atomic E-state index is -0.216. The molecule has 2 aromatic carbocycles. The molecule has 2 heterocycles. The van der Waals surface area contributed by atoms with Crippen LogP contribution in [0.2, 0.25) is 0 Å². The molecule has 0 radical (unpaired) electrons. The molecule has 2 fully saturated rings. The van der Waals surface area contributed by atoms with Gasteiger partial charge in [0.25, 0.3) is 0 Å². The summed E-state index contributed by atoms with van der Waals surface area (Å²) >= 11 is 0. The van der Waals surface area contributed by atoms with Gasteiger partial charge in [0.15, 0.2) is 0 Å². The Morgan fingerprint density at radius 1 is 0.968 bits per heavy atom. The van der Waals surface area contributed by atoms with E-state index in [1.807, 2.05) is 24.3 Å². The van der Waals surface area contributed by atoms with Gasteiger partial charge in [-0.3, -0.25) is 9.69 Å². The maximum atomic E-state index is 13.5. The van der Waals surface area contributed by atoms with Gasteiger partial charge in [0.1, 0.15) is 6.04 Å². The molecule has 1 amide bonds. The van der Waals surface area contributed by atoms with Crippen molar-refractivity contribution in [1.82, 2.24) is 15.5 Å². The van der Waals surface area contributed by atoms with E-state index in [2.05, 4.69) is 58.9 Å². The molecule has 2 aromatic rings. The van der Waals surface area contributed by atoms with E-state index >= 15 is 0 Å². The van der Waals surface area contributed by atoms with Crippen LogP contribution in [0.1, 0.15) is 55.8 Å². The smallest absolute Gasteiger partial charge is 0.242 e. The molecule has 4 rings (SSSR count). The lowest BCUT2D eigenvalue weighted by atomic mass is 9.88. The van der Waals surface area contributed by atoms with Crippen LogP contribution < -0.4 is 10.6 Å². The average molecular weight is 422 g/mol. The number of likely N-dealkylation sites (tertiary alicyclic amines) is 1. The van der Waals surface area contributed by atoms with Crippen molar-refractivity contribution in [3.05, 3.63) is 71.8 Å². The second kappa shape index (κ2) is 10.4. The normalized spacial score (nSPS) is 20.8. The molecule has 2 atom stereocenters. The van der Waals surface area contributed by atoms with Crippen molar-refractivity contribution >= 4 is 5.91 Å². The summed E-state index contributed by atoms with van der Waals surface area (Å²) in [6, 6.07) is 20.7. The van der Waals surface area contributed by atoms with Gasteiger partial charge in [0.2, 0.25) is 5.91 Å². The average Bonchev–Trinajstić information content (AvgIpc) is 3.34. The molecule has 5 heteroatoms. The van der Waals surface area contributed by atoms with E-state index in [-0.39, 0.29) is 23.5 Å². The zero-order chi connectivity index (χ0) is 21.5. The molecule has 31 heavy (non-hydrogen) atoms. The Bertz CT molecular complexity index is 815. The summed E-state index contributed by atoms with van der Waals surface area (Å²) in [5, 5.41) is 7.17. The van der Waals surface area contributed by atoms with Gasteiger partial charge in [-0.25, -0.2) is 0 Å². The summed E-state index contributed by atoms with van der Waals surface area (Å²) in [6.07, 6.45) is 4.11. The van der Waals surface area contributed by atoms with Crippen LogP contribution in [0.25, 0.3) is 0 Å². The first-order chi connectivity index (χ1) is 15.2. The standard InChI is InChI=1S/C26H35N3O2/c1-21(22-10-4-2-5-11-22)28-26(14-18-31-19-15-26)20-27-25(30)24(29-16-8-9-17-29)23-12-6-3-7-13-23/h2-7,10-13,21,24,28H,8-9,14-20H2,1H3,(H,27,30). The van der Waals surface area contributed by atoms with Crippen LogP contribution in [-0.2, 0) is 9.53 Å². The van der Waals surface area contributed by atoms with E-state index in [4.69, 9.17) is 4.74 Å². The van der Waals surface area contributed by atoms with E-state index in [1.165, 1.54) is 5.56 Å². The number of amides is 1. The van der Waals surface area contributed by atoms with Gasteiger partial charge in [-0.2, -0.15) is 0 Å². The third-order valence-corrected chi connectivity index (χ3v) is 6.74. The van der Waals surface area contributed by atoms with Crippen LogP contribution in [0.4, 0.5) is 0 Å². The maximum Gasteiger partial charge on any atom is 0.242 e. The van der Waals surface area contributed by atoms with Crippen molar-refractivity contribution in [2.24, 2.45) is 0 Å². The predicted octanol–water partition coefficient (Wildman–Crippen LogP) is 3.84. The number of rotatable bonds is 8. The number of hydrogen-bond acceptors (Lipinski definition) is 4. The van der Waals surface area contributed by atoms with Crippen LogP contribution in [-0.4, -0.2) is 49.2 Å². The van der Waals surface area contributed by atoms with Crippen LogP contribution in [0.5, 0.6) is 0 Å². The molecule has 0 spiro atoms. The Kier molecular flexibility index (Phi) is 7.38. The highest BCUT2D eigenvalue weighted by atomic mass is 16.5.